The van der Waals surface area contributed by atoms with Crippen LogP contribution in [0.15, 0.2) is 41.9 Å². The smallest absolute Gasteiger partial charge is 0.110 e. The summed E-state index contributed by atoms with van der Waals surface area (Å²) in [7, 11) is 0. The van der Waals surface area contributed by atoms with Crippen molar-refractivity contribution in [3.05, 3.63) is 52.5 Å². The van der Waals surface area contributed by atoms with Gasteiger partial charge in [-0.2, -0.15) is 0 Å². The first kappa shape index (κ1) is 13.7. The molecule has 0 bridgehead atoms. The van der Waals surface area contributed by atoms with E-state index < -0.39 is 0 Å². The number of nitrogens with zero attached hydrogens (tertiary/aromatic N) is 2. The molecule has 1 aliphatic rings. The Labute approximate surface area is 124 Å². The van der Waals surface area contributed by atoms with Gasteiger partial charge in [0, 0.05) is 37.3 Å². The average Bonchev–Trinajstić information content (AvgIpc) is 3.03. The lowest BCUT2D eigenvalue weighted by atomic mass is 10.0. The van der Waals surface area contributed by atoms with Gasteiger partial charge in [-0.05, 0) is 12.0 Å². The third kappa shape index (κ3) is 2.92. The van der Waals surface area contributed by atoms with Crippen LogP contribution in [0.5, 0.6) is 0 Å². The maximum atomic E-state index is 4.52. The van der Waals surface area contributed by atoms with E-state index >= 15 is 0 Å². The number of piperazine rings is 1. The van der Waals surface area contributed by atoms with Crippen molar-refractivity contribution < 1.29 is 0 Å². The summed E-state index contributed by atoms with van der Waals surface area (Å²) < 4.78 is 0. The second-order valence-electron chi connectivity index (χ2n) is 5.21. The molecule has 0 radical (unpaired) electrons. The van der Waals surface area contributed by atoms with E-state index in [0.717, 1.165) is 26.1 Å². The zero-order valence-corrected chi connectivity index (χ0v) is 12.6. The Morgan fingerprint density at radius 3 is 2.95 bits per heavy atom. The zero-order chi connectivity index (χ0) is 13.8. The Kier molecular flexibility index (Phi) is 4.45. The number of hydrogen-bond acceptors (Lipinski definition) is 4. The highest BCUT2D eigenvalue weighted by molar-refractivity contribution is 7.09. The zero-order valence-electron chi connectivity index (χ0n) is 11.8. The summed E-state index contributed by atoms with van der Waals surface area (Å²) >= 11 is 1.77. The van der Waals surface area contributed by atoms with E-state index in [4.69, 9.17) is 0 Å². The van der Waals surface area contributed by atoms with Crippen molar-refractivity contribution in [3.63, 3.8) is 0 Å². The SMILES string of the molecule is CCC(c1nccs1)N1CCNC(c2ccccc2)C1. The third-order valence-electron chi connectivity index (χ3n) is 3.97. The Bertz CT molecular complexity index is 512. The lowest BCUT2D eigenvalue weighted by Crippen LogP contribution is -2.47. The van der Waals surface area contributed by atoms with E-state index in [1.807, 2.05) is 6.20 Å². The first-order valence-electron chi connectivity index (χ1n) is 7.30. The van der Waals surface area contributed by atoms with Crippen LogP contribution in [0.3, 0.4) is 0 Å². The lowest BCUT2D eigenvalue weighted by Gasteiger charge is -2.38. The Hall–Kier alpha value is -1.23. The van der Waals surface area contributed by atoms with Gasteiger partial charge in [0.15, 0.2) is 0 Å². The molecule has 4 heteroatoms. The first-order valence-corrected chi connectivity index (χ1v) is 8.18. The predicted molar refractivity (Wildman–Crippen MR) is 83.9 cm³/mol. The summed E-state index contributed by atoms with van der Waals surface area (Å²) in [6.07, 6.45) is 3.04. The summed E-state index contributed by atoms with van der Waals surface area (Å²) in [5, 5.41) is 6.96. The Morgan fingerprint density at radius 1 is 1.40 bits per heavy atom. The van der Waals surface area contributed by atoms with Crippen LogP contribution in [0.25, 0.3) is 0 Å². The highest BCUT2D eigenvalue weighted by atomic mass is 32.1. The molecule has 20 heavy (non-hydrogen) atoms. The monoisotopic (exact) mass is 287 g/mol. The highest BCUT2D eigenvalue weighted by Gasteiger charge is 2.27. The second kappa shape index (κ2) is 6.48. The molecule has 2 unspecified atom stereocenters. The second-order valence-corrected chi connectivity index (χ2v) is 6.13. The van der Waals surface area contributed by atoms with Crippen molar-refractivity contribution in [2.45, 2.75) is 25.4 Å². The summed E-state index contributed by atoms with van der Waals surface area (Å²) in [4.78, 5) is 7.09. The molecular formula is C16H21N3S. The van der Waals surface area contributed by atoms with Crippen molar-refractivity contribution in [2.75, 3.05) is 19.6 Å². The molecular weight excluding hydrogens is 266 g/mol. The topological polar surface area (TPSA) is 28.2 Å². The van der Waals surface area contributed by atoms with Gasteiger partial charge in [0.05, 0.1) is 6.04 Å². The summed E-state index contributed by atoms with van der Waals surface area (Å²) in [5.74, 6) is 0. The van der Waals surface area contributed by atoms with Crippen molar-refractivity contribution in [3.8, 4) is 0 Å². The molecule has 1 saturated heterocycles. The van der Waals surface area contributed by atoms with Gasteiger partial charge in [-0.1, -0.05) is 37.3 Å². The molecule has 0 aliphatic carbocycles. The van der Waals surface area contributed by atoms with Crippen LogP contribution in [0.2, 0.25) is 0 Å². The average molecular weight is 287 g/mol. The Morgan fingerprint density at radius 2 is 2.25 bits per heavy atom. The number of rotatable bonds is 4. The van der Waals surface area contributed by atoms with Crippen molar-refractivity contribution >= 4 is 11.3 Å². The minimum absolute atomic E-state index is 0.430. The van der Waals surface area contributed by atoms with E-state index in [9.17, 15) is 0 Å². The first-order chi connectivity index (χ1) is 9.88. The van der Waals surface area contributed by atoms with Gasteiger partial charge in [-0.25, -0.2) is 4.98 Å². The number of hydrogen-bond donors (Lipinski definition) is 1. The number of aromatic nitrogens is 1. The molecule has 0 spiro atoms. The highest BCUT2D eigenvalue weighted by Crippen LogP contribution is 2.29. The van der Waals surface area contributed by atoms with E-state index in [0.29, 0.717) is 12.1 Å². The van der Waals surface area contributed by atoms with E-state index in [1.54, 1.807) is 11.3 Å². The molecule has 2 heterocycles. The molecule has 1 aromatic heterocycles. The van der Waals surface area contributed by atoms with Gasteiger partial charge < -0.3 is 5.32 Å². The molecule has 1 aromatic carbocycles. The maximum Gasteiger partial charge on any atom is 0.110 e. The number of thiazole rings is 1. The number of nitrogens with one attached hydrogen (secondary N) is 1. The molecule has 0 saturated carbocycles. The van der Waals surface area contributed by atoms with Crippen molar-refractivity contribution in [1.29, 1.82) is 0 Å². The molecule has 2 aromatic rings. The van der Waals surface area contributed by atoms with Crippen molar-refractivity contribution in [2.24, 2.45) is 0 Å². The minimum atomic E-state index is 0.430. The number of benzene rings is 1. The van der Waals surface area contributed by atoms with Gasteiger partial charge in [-0.15, -0.1) is 11.3 Å². The molecule has 3 rings (SSSR count). The standard InChI is InChI=1S/C16H21N3S/c1-2-15(16-18-9-11-20-16)19-10-8-17-14(12-19)13-6-4-3-5-7-13/h3-7,9,11,14-15,17H,2,8,10,12H2,1H3. The van der Waals surface area contributed by atoms with Crippen LogP contribution in [0, 0.1) is 0 Å². The van der Waals surface area contributed by atoms with Crippen LogP contribution in [-0.4, -0.2) is 29.5 Å². The quantitative estimate of drug-likeness (QED) is 0.935. The van der Waals surface area contributed by atoms with E-state index in [1.165, 1.54) is 10.6 Å². The maximum absolute atomic E-state index is 4.52. The van der Waals surface area contributed by atoms with Crippen LogP contribution in [-0.2, 0) is 0 Å². The van der Waals surface area contributed by atoms with Gasteiger partial charge in [0.1, 0.15) is 5.01 Å². The van der Waals surface area contributed by atoms with Crippen LogP contribution in [0.1, 0.15) is 36.0 Å². The van der Waals surface area contributed by atoms with Gasteiger partial charge in [0.25, 0.3) is 0 Å². The molecule has 0 amide bonds. The van der Waals surface area contributed by atoms with Crippen molar-refractivity contribution in [1.82, 2.24) is 15.2 Å². The van der Waals surface area contributed by atoms with Crippen LogP contribution >= 0.6 is 11.3 Å². The normalized spacial score (nSPS) is 21.8. The van der Waals surface area contributed by atoms with E-state index in [-0.39, 0.29) is 0 Å². The molecule has 2 atom stereocenters. The van der Waals surface area contributed by atoms with E-state index in [2.05, 4.69) is 57.8 Å². The minimum Gasteiger partial charge on any atom is -0.308 e. The van der Waals surface area contributed by atoms with Gasteiger partial charge >= 0.3 is 0 Å². The predicted octanol–water partition coefficient (Wildman–Crippen LogP) is 3.24. The van der Waals surface area contributed by atoms with Crippen LogP contribution < -0.4 is 5.32 Å². The summed E-state index contributed by atoms with van der Waals surface area (Å²) in [6, 6.07) is 11.6. The molecule has 1 aliphatic heterocycles. The third-order valence-corrected chi connectivity index (χ3v) is 4.85. The Balaban J connectivity index is 1.74. The largest absolute Gasteiger partial charge is 0.308 e. The van der Waals surface area contributed by atoms with Gasteiger partial charge in [-0.3, -0.25) is 4.90 Å². The van der Waals surface area contributed by atoms with Crippen LogP contribution in [0.4, 0.5) is 0 Å². The molecule has 106 valence electrons. The summed E-state index contributed by atoms with van der Waals surface area (Å²) in [6.45, 7) is 5.45. The fourth-order valence-electron chi connectivity index (χ4n) is 2.95. The molecule has 1 fully saturated rings. The van der Waals surface area contributed by atoms with Gasteiger partial charge in [0.2, 0.25) is 0 Å². The summed E-state index contributed by atoms with van der Waals surface area (Å²) in [5.41, 5.74) is 1.38. The fraction of sp³-hybridized carbons (Fsp3) is 0.438. The molecule has 3 nitrogen and oxygen atoms in total. The lowest BCUT2D eigenvalue weighted by molar-refractivity contribution is 0.140. The molecule has 1 N–H and O–H groups in total. The fourth-order valence-corrected chi connectivity index (χ4v) is 3.81.